The van der Waals surface area contributed by atoms with E-state index in [4.69, 9.17) is 8.83 Å². The molecule has 6 heteroatoms. The van der Waals surface area contributed by atoms with Crippen LogP contribution in [0.4, 0.5) is 0 Å². The van der Waals surface area contributed by atoms with E-state index in [0.717, 1.165) is 21.2 Å². The lowest BCUT2D eigenvalue weighted by Crippen LogP contribution is -2.29. The molecule has 1 atom stereocenters. The number of furan rings is 1. The predicted molar refractivity (Wildman–Crippen MR) is 117 cm³/mol. The lowest BCUT2D eigenvalue weighted by molar-refractivity contribution is 0.0701. The predicted octanol–water partition coefficient (Wildman–Crippen LogP) is 5.51. The van der Waals surface area contributed by atoms with Gasteiger partial charge in [-0.2, -0.15) is 0 Å². The molecule has 1 aliphatic heterocycles. The maximum atomic E-state index is 13.6. The Kier molecular flexibility index (Phi) is 4.40. The zero-order valence-corrected chi connectivity index (χ0v) is 18.0. The van der Waals surface area contributed by atoms with Crippen LogP contribution in [-0.2, 0) is 6.54 Å². The smallest absolute Gasteiger partial charge is 0.291 e. The molecule has 2 aromatic carbocycles. The summed E-state index contributed by atoms with van der Waals surface area (Å²) in [5.74, 6) is 0.432. The third-order valence-corrected chi connectivity index (χ3v) is 5.96. The Bertz CT molecular complexity index is 1350. The van der Waals surface area contributed by atoms with Crippen molar-refractivity contribution < 1.29 is 13.6 Å². The van der Waals surface area contributed by atoms with Gasteiger partial charge in [0, 0.05) is 4.47 Å². The Morgan fingerprint density at radius 1 is 1.07 bits per heavy atom. The van der Waals surface area contributed by atoms with Crippen molar-refractivity contribution in [3.63, 3.8) is 0 Å². The highest BCUT2D eigenvalue weighted by atomic mass is 79.9. The van der Waals surface area contributed by atoms with E-state index in [0.29, 0.717) is 22.3 Å². The number of hydrogen-bond acceptors (Lipinski definition) is 4. The van der Waals surface area contributed by atoms with Gasteiger partial charge >= 0.3 is 0 Å². The number of nitrogens with zero attached hydrogens (tertiary/aromatic N) is 1. The minimum Gasteiger partial charge on any atom is -0.467 e. The van der Waals surface area contributed by atoms with E-state index in [2.05, 4.69) is 15.9 Å². The normalized spacial score (nSPS) is 15.8. The van der Waals surface area contributed by atoms with Crippen LogP contribution in [0.1, 0.15) is 44.6 Å². The largest absolute Gasteiger partial charge is 0.467 e. The fourth-order valence-electron chi connectivity index (χ4n) is 4.23. The maximum Gasteiger partial charge on any atom is 0.291 e. The first-order valence-corrected chi connectivity index (χ1v) is 10.4. The molecular formula is C24H18BrNO4. The molecule has 1 unspecified atom stereocenters. The van der Waals surface area contributed by atoms with Crippen LogP contribution in [0, 0.1) is 13.8 Å². The fraction of sp³-hybridized carbons (Fsp3) is 0.167. The number of benzene rings is 2. The second-order valence-electron chi connectivity index (χ2n) is 7.60. The summed E-state index contributed by atoms with van der Waals surface area (Å²) in [5, 5.41) is 0.499. The fourth-order valence-corrected chi connectivity index (χ4v) is 4.65. The molecule has 0 radical (unpaired) electrons. The Morgan fingerprint density at radius 2 is 1.90 bits per heavy atom. The Hall–Kier alpha value is -3.12. The molecule has 2 aromatic heterocycles. The first-order valence-electron chi connectivity index (χ1n) is 9.61. The molecule has 1 amide bonds. The number of carbonyl (C=O) groups excluding carboxylic acids is 1. The summed E-state index contributed by atoms with van der Waals surface area (Å²) in [6.07, 6.45) is 1.57. The summed E-state index contributed by atoms with van der Waals surface area (Å²) < 4.78 is 12.4. The maximum absolute atomic E-state index is 13.6. The van der Waals surface area contributed by atoms with Crippen LogP contribution < -0.4 is 5.43 Å². The van der Waals surface area contributed by atoms with Crippen LogP contribution in [0.3, 0.4) is 0 Å². The van der Waals surface area contributed by atoms with Crippen LogP contribution in [0.5, 0.6) is 0 Å². The molecule has 0 aliphatic carbocycles. The van der Waals surface area contributed by atoms with Crippen molar-refractivity contribution >= 4 is 32.8 Å². The highest BCUT2D eigenvalue weighted by Gasteiger charge is 2.43. The molecule has 30 heavy (non-hydrogen) atoms. The Balaban J connectivity index is 1.79. The molecule has 3 heterocycles. The highest BCUT2D eigenvalue weighted by Crippen LogP contribution is 2.40. The molecule has 0 N–H and O–H groups in total. The van der Waals surface area contributed by atoms with Gasteiger partial charge < -0.3 is 13.7 Å². The molecule has 0 saturated heterocycles. The molecule has 4 aromatic rings. The van der Waals surface area contributed by atoms with Gasteiger partial charge in [0.1, 0.15) is 11.3 Å². The van der Waals surface area contributed by atoms with Gasteiger partial charge in [0.25, 0.3) is 5.91 Å². The lowest BCUT2D eigenvalue weighted by Gasteiger charge is -2.24. The number of hydrogen-bond donors (Lipinski definition) is 0. The number of carbonyl (C=O) groups is 1. The van der Waals surface area contributed by atoms with Gasteiger partial charge in [0.2, 0.25) is 5.76 Å². The van der Waals surface area contributed by atoms with Crippen LogP contribution in [0.2, 0.25) is 0 Å². The van der Waals surface area contributed by atoms with E-state index in [9.17, 15) is 9.59 Å². The van der Waals surface area contributed by atoms with Gasteiger partial charge in [-0.3, -0.25) is 9.59 Å². The van der Waals surface area contributed by atoms with Crippen LogP contribution in [0.25, 0.3) is 11.0 Å². The molecule has 150 valence electrons. The average molecular weight is 464 g/mol. The summed E-state index contributed by atoms with van der Waals surface area (Å²) in [6.45, 7) is 4.07. The quantitative estimate of drug-likeness (QED) is 0.401. The van der Waals surface area contributed by atoms with Crippen molar-refractivity contribution in [2.24, 2.45) is 0 Å². The summed E-state index contributed by atoms with van der Waals surface area (Å²) in [7, 11) is 0. The van der Waals surface area contributed by atoms with E-state index in [-0.39, 0.29) is 23.6 Å². The number of amides is 1. The molecule has 0 fully saturated rings. The van der Waals surface area contributed by atoms with E-state index in [1.54, 1.807) is 17.2 Å². The molecule has 1 aliphatic rings. The molecule has 0 spiro atoms. The van der Waals surface area contributed by atoms with E-state index in [1.165, 1.54) is 0 Å². The van der Waals surface area contributed by atoms with Crippen LogP contribution >= 0.6 is 15.9 Å². The molecule has 0 bridgehead atoms. The van der Waals surface area contributed by atoms with Crippen molar-refractivity contribution in [2.75, 3.05) is 0 Å². The van der Waals surface area contributed by atoms with Gasteiger partial charge in [0.05, 0.1) is 29.8 Å². The average Bonchev–Trinajstić information content (AvgIpc) is 3.31. The van der Waals surface area contributed by atoms with Crippen molar-refractivity contribution in [1.82, 2.24) is 4.90 Å². The van der Waals surface area contributed by atoms with Gasteiger partial charge in [-0.05, 0) is 60.9 Å². The molecule has 5 nitrogen and oxygen atoms in total. The first kappa shape index (κ1) is 18.9. The number of halogens is 1. The summed E-state index contributed by atoms with van der Waals surface area (Å²) in [5.41, 5.74) is 3.31. The minimum absolute atomic E-state index is 0.107. The van der Waals surface area contributed by atoms with E-state index >= 15 is 0 Å². The topological polar surface area (TPSA) is 63.7 Å². The molecule has 0 saturated carbocycles. The van der Waals surface area contributed by atoms with Crippen molar-refractivity contribution in [2.45, 2.75) is 26.4 Å². The van der Waals surface area contributed by atoms with Crippen LogP contribution in [-0.4, -0.2) is 10.8 Å². The lowest BCUT2D eigenvalue weighted by atomic mass is 9.97. The Morgan fingerprint density at radius 3 is 2.63 bits per heavy atom. The van der Waals surface area contributed by atoms with E-state index < -0.39 is 6.04 Å². The molecule has 5 rings (SSSR count). The highest BCUT2D eigenvalue weighted by molar-refractivity contribution is 9.10. The number of fused-ring (bicyclic) bond motifs is 2. The minimum atomic E-state index is -0.559. The van der Waals surface area contributed by atoms with Gasteiger partial charge in [-0.15, -0.1) is 0 Å². The monoisotopic (exact) mass is 463 g/mol. The third-order valence-electron chi connectivity index (χ3n) is 5.47. The first-order chi connectivity index (χ1) is 14.4. The molecular weight excluding hydrogens is 446 g/mol. The standard InChI is InChI=1S/C24H18BrNO4/c1-13-9-14(2)22-18(10-13)21(27)19-20(15-5-3-6-16(25)11-15)26(24(28)23(19)30-22)12-17-7-4-8-29-17/h3-11,20H,12H2,1-2H3. The Labute approximate surface area is 181 Å². The SMILES string of the molecule is Cc1cc(C)c2oc3c(c(=O)c2c1)C(c1cccc(Br)c1)N(Cc1ccco1)C3=O. The third kappa shape index (κ3) is 2.91. The van der Waals surface area contributed by atoms with Gasteiger partial charge in [-0.25, -0.2) is 0 Å². The van der Waals surface area contributed by atoms with Crippen LogP contribution in [0.15, 0.2) is 72.9 Å². The second-order valence-corrected chi connectivity index (χ2v) is 8.52. The number of aryl methyl sites for hydroxylation is 2. The van der Waals surface area contributed by atoms with Crippen molar-refractivity contribution in [1.29, 1.82) is 0 Å². The summed E-state index contributed by atoms with van der Waals surface area (Å²) >= 11 is 3.50. The zero-order chi connectivity index (χ0) is 21.0. The van der Waals surface area contributed by atoms with Gasteiger partial charge in [-0.1, -0.05) is 34.1 Å². The summed E-state index contributed by atoms with van der Waals surface area (Å²) in [6, 6.07) is 14.4. The van der Waals surface area contributed by atoms with Crippen molar-refractivity contribution in [3.8, 4) is 0 Å². The van der Waals surface area contributed by atoms with Gasteiger partial charge in [0.15, 0.2) is 5.43 Å². The van der Waals surface area contributed by atoms with E-state index in [1.807, 2.05) is 56.3 Å². The van der Waals surface area contributed by atoms with Crippen molar-refractivity contribution in [3.05, 3.63) is 103 Å². The zero-order valence-electron chi connectivity index (χ0n) is 16.4. The summed E-state index contributed by atoms with van der Waals surface area (Å²) in [4.78, 5) is 28.7. The number of rotatable bonds is 3. The second kappa shape index (κ2) is 6.99.